The van der Waals surface area contributed by atoms with E-state index in [0.29, 0.717) is 6.54 Å². The van der Waals surface area contributed by atoms with Gasteiger partial charge in [0, 0.05) is 20.0 Å². The van der Waals surface area contributed by atoms with Crippen molar-refractivity contribution in [3.8, 4) is 0 Å². The fourth-order valence-corrected chi connectivity index (χ4v) is 1.51. The van der Waals surface area contributed by atoms with Crippen molar-refractivity contribution in [3.05, 3.63) is 0 Å². The van der Waals surface area contributed by atoms with Crippen molar-refractivity contribution >= 4 is 11.8 Å². The highest BCUT2D eigenvalue weighted by Crippen LogP contribution is 2.17. The lowest BCUT2D eigenvalue weighted by Crippen LogP contribution is -2.48. The predicted octanol–water partition coefficient (Wildman–Crippen LogP) is -0.648. The summed E-state index contributed by atoms with van der Waals surface area (Å²) in [4.78, 5) is 24.5. The van der Waals surface area contributed by atoms with Crippen LogP contribution in [0.1, 0.15) is 20.3 Å². The molecule has 0 saturated carbocycles. The van der Waals surface area contributed by atoms with Gasteiger partial charge in [-0.05, 0) is 13.8 Å². The van der Waals surface area contributed by atoms with Crippen LogP contribution in [0.15, 0.2) is 0 Å². The van der Waals surface area contributed by atoms with Gasteiger partial charge in [-0.2, -0.15) is 0 Å². The van der Waals surface area contributed by atoms with Gasteiger partial charge in [0.25, 0.3) is 0 Å². The molecule has 86 valence electrons. The monoisotopic (exact) mass is 214 g/mol. The molecule has 0 radical (unpaired) electrons. The van der Waals surface area contributed by atoms with Crippen molar-refractivity contribution in [2.75, 3.05) is 20.2 Å². The number of carbonyl (C=O) groups excluding carboxylic acids is 2. The maximum Gasteiger partial charge on any atom is 0.225 e. The Morgan fingerprint density at radius 3 is 2.67 bits per heavy atom. The van der Waals surface area contributed by atoms with Crippen molar-refractivity contribution < 1.29 is 14.7 Å². The van der Waals surface area contributed by atoms with Gasteiger partial charge in [0.2, 0.25) is 11.8 Å². The summed E-state index contributed by atoms with van der Waals surface area (Å²) in [5.74, 6) is -0.447. The first-order chi connectivity index (χ1) is 6.85. The van der Waals surface area contributed by atoms with Crippen molar-refractivity contribution in [2.24, 2.45) is 5.92 Å². The largest absolute Gasteiger partial charge is 0.394 e. The quantitative estimate of drug-likeness (QED) is 0.656. The third-order valence-electron chi connectivity index (χ3n) is 2.57. The minimum Gasteiger partial charge on any atom is -0.394 e. The van der Waals surface area contributed by atoms with Crippen LogP contribution in [0.25, 0.3) is 0 Å². The topological polar surface area (TPSA) is 69.6 Å². The number of amides is 2. The third kappa shape index (κ3) is 2.92. The summed E-state index contributed by atoms with van der Waals surface area (Å²) in [5, 5.41) is 11.7. The molecule has 5 nitrogen and oxygen atoms in total. The van der Waals surface area contributed by atoms with E-state index in [1.165, 1.54) is 0 Å². The number of nitrogens with zero attached hydrogens (tertiary/aromatic N) is 1. The van der Waals surface area contributed by atoms with E-state index in [2.05, 4.69) is 5.32 Å². The van der Waals surface area contributed by atoms with E-state index in [1.54, 1.807) is 25.8 Å². The molecule has 2 N–H and O–H groups in total. The average Bonchev–Trinajstić information content (AvgIpc) is 2.47. The number of likely N-dealkylation sites (tertiary alicyclic amines) is 1. The number of nitrogens with one attached hydrogen (secondary N) is 1. The van der Waals surface area contributed by atoms with Crippen molar-refractivity contribution in [1.82, 2.24) is 10.2 Å². The molecule has 1 saturated heterocycles. The average molecular weight is 214 g/mol. The molecule has 0 aromatic rings. The zero-order valence-electron chi connectivity index (χ0n) is 9.41. The van der Waals surface area contributed by atoms with Crippen molar-refractivity contribution in [1.29, 1.82) is 0 Å². The molecule has 0 aromatic carbocycles. The van der Waals surface area contributed by atoms with Crippen LogP contribution in [0.2, 0.25) is 0 Å². The molecule has 1 unspecified atom stereocenters. The number of carbonyl (C=O) groups is 2. The highest BCUT2D eigenvalue weighted by atomic mass is 16.3. The third-order valence-corrected chi connectivity index (χ3v) is 2.57. The van der Waals surface area contributed by atoms with Crippen LogP contribution in [0.3, 0.4) is 0 Å². The molecule has 15 heavy (non-hydrogen) atoms. The van der Waals surface area contributed by atoms with Crippen LogP contribution in [-0.2, 0) is 9.59 Å². The van der Waals surface area contributed by atoms with E-state index in [9.17, 15) is 9.59 Å². The van der Waals surface area contributed by atoms with Crippen LogP contribution in [0.5, 0.6) is 0 Å². The first-order valence-corrected chi connectivity index (χ1v) is 5.02. The highest BCUT2D eigenvalue weighted by Gasteiger charge is 2.34. The van der Waals surface area contributed by atoms with E-state index < -0.39 is 5.54 Å². The summed E-state index contributed by atoms with van der Waals surface area (Å²) in [5.41, 5.74) is -0.624. The second-order valence-corrected chi connectivity index (χ2v) is 4.71. The molecule has 1 atom stereocenters. The van der Waals surface area contributed by atoms with E-state index >= 15 is 0 Å². The molecular formula is C10H18N2O3. The van der Waals surface area contributed by atoms with E-state index in [1.807, 2.05) is 0 Å². The lowest BCUT2D eigenvalue weighted by atomic mass is 10.0. The number of rotatable bonds is 3. The van der Waals surface area contributed by atoms with Gasteiger partial charge < -0.3 is 15.3 Å². The van der Waals surface area contributed by atoms with Gasteiger partial charge in [-0.15, -0.1) is 0 Å². The predicted molar refractivity (Wildman–Crippen MR) is 55.1 cm³/mol. The highest BCUT2D eigenvalue weighted by molar-refractivity contribution is 5.89. The van der Waals surface area contributed by atoms with Gasteiger partial charge >= 0.3 is 0 Å². The van der Waals surface area contributed by atoms with Crippen molar-refractivity contribution in [3.63, 3.8) is 0 Å². The zero-order chi connectivity index (χ0) is 11.6. The molecule has 5 heteroatoms. The molecule has 1 aliphatic rings. The van der Waals surface area contributed by atoms with Gasteiger partial charge in [-0.25, -0.2) is 0 Å². The van der Waals surface area contributed by atoms with Crippen molar-refractivity contribution in [2.45, 2.75) is 25.8 Å². The smallest absolute Gasteiger partial charge is 0.225 e. The fourth-order valence-electron chi connectivity index (χ4n) is 1.51. The first-order valence-electron chi connectivity index (χ1n) is 5.02. The van der Waals surface area contributed by atoms with E-state index in [4.69, 9.17) is 5.11 Å². The molecule has 0 spiro atoms. The molecule has 1 heterocycles. The van der Waals surface area contributed by atoms with E-state index in [0.717, 1.165) is 0 Å². The molecule has 1 rings (SSSR count). The summed E-state index contributed by atoms with van der Waals surface area (Å²) < 4.78 is 0. The Morgan fingerprint density at radius 1 is 1.67 bits per heavy atom. The number of hydrogen-bond donors (Lipinski definition) is 2. The first kappa shape index (κ1) is 12.0. The fraction of sp³-hybridized carbons (Fsp3) is 0.800. The second-order valence-electron chi connectivity index (χ2n) is 4.71. The Balaban J connectivity index is 2.53. The molecule has 0 aromatic heterocycles. The second kappa shape index (κ2) is 4.18. The summed E-state index contributed by atoms with van der Waals surface area (Å²) in [6.07, 6.45) is 0.268. The Hall–Kier alpha value is -1.10. The molecule has 1 aliphatic heterocycles. The summed E-state index contributed by atoms with van der Waals surface area (Å²) in [6, 6.07) is 0. The Morgan fingerprint density at radius 2 is 2.27 bits per heavy atom. The molecule has 2 amide bonds. The SMILES string of the molecule is CN1CC(C(=O)NC(C)(C)CO)CC1=O. The molecule has 0 aliphatic carbocycles. The summed E-state index contributed by atoms with van der Waals surface area (Å²) in [6.45, 7) is 3.83. The number of hydrogen-bond acceptors (Lipinski definition) is 3. The van der Waals surface area contributed by atoms with Gasteiger partial charge in [0.15, 0.2) is 0 Å². The summed E-state index contributed by atoms with van der Waals surface area (Å²) >= 11 is 0. The lowest BCUT2D eigenvalue weighted by Gasteiger charge is -2.25. The Labute approximate surface area is 89.4 Å². The van der Waals surface area contributed by atoms with Gasteiger partial charge in [0.05, 0.1) is 18.1 Å². The van der Waals surface area contributed by atoms with E-state index in [-0.39, 0.29) is 30.8 Å². The maximum atomic E-state index is 11.7. The van der Waals surface area contributed by atoms with Gasteiger partial charge in [0.1, 0.15) is 0 Å². The Bertz CT molecular complexity index is 276. The normalized spacial score (nSPS) is 22.0. The van der Waals surface area contributed by atoms with Crippen LogP contribution in [0, 0.1) is 5.92 Å². The molecular weight excluding hydrogens is 196 g/mol. The number of aliphatic hydroxyl groups excluding tert-OH is 1. The zero-order valence-corrected chi connectivity index (χ0v) is 9.41. The molecule has 1 fully saturated rings. The van der Waals surface area contributed by atoms with Crippen LogP contribution in [-0.4, -0.2) is 47.6 Å². The Kier molecular flexibility index (Phi) is 3.34. The van der Waals surface area contributed by atoms with Gasteiger partial charge in [-0.1, -0.05) is 0 Å². The van der Waals surface area contributed by atoms with Gasteiger partial charge in [-0.3, -0.25) is 9.59 Å². The maximum absolute atomic E-state index is 11.7. The van der Waals surface area contributed by atoms with Crippen LogP contribution in [0.4, 0.5) is 0 Å². The minimum atomic E-state index is -0.624. The summed E-state index contributed by atoms with van der Waals surface area (Å²) in [7, 11) is 1.69. The standard InChI is InChI=1S/C10H18N2O3/c1-10(2,6-13)11-9(15)7-4-8(14)12(3)5-7/h7,13H,4-6H2,1-3H3,(H,11,15). The molecule has 0 bridgehead atoms. The minimum absolute atomic E-state index is 0.00282. The van der Waals surface area contributed by atoms with Crippen LogP contribution >= 0.6 is 0 Å². The number of aliphatic hydroxyl groups is 1. The lowest BCUT2D eigenvalue weighted by molar-refractivity contribution is -0.129. The van der Waals surface area contributed by atoms with Crippen LogP contribution < -0.4 is 5.32 Å².